The number of hydrogen-bond acceptors (Lipinski definition) is 4. The lowest BCUT2D eigenvalue weighted by molar-refractivity contribution is 0.373. The lowest BCUT2D eigenvalue weighted by atomic mass is 10.2. The molecule has 0 aliphatic heterocycles. The number of aryl methyl sites for hydroxylation is 2. The van der Waals surface area contributed by atoms with Gasteiger partial charge in [-0.15, -0.1) is 0 Å². The number of para-hydroxylation sites is 1. The van der Waals surface area contributed by atoms with E-state index in [9.17, 15) is 9.90 Å². The molecule has 0 bridgehead atoms. The highest BCUT2D eigenvalue weighted by Gasteiger charge is 2.05. The number of pyridine rings is 1. The van der Waals surface area contributed by atoms with Crippen LogP contribution in [0.5, 0.6) is 11.5 Å². The Balaban J connectivity index is 2.43. The quantitative estimate of drug-likeness (QED) is 0.870. The van der Waals surface area contributed by atoms with E-state index in [1.165, 1.54) is 24.1 Å². The van der Waals surface area contributed by atoms with Crippen molar-refractivity contribution in [1.82, 2.24) is 4.68 Å². The van der Waals surface area contributed by atoms with Crippen LogP contribution in [0.15, 0.2) is 40.2 Å². The summed E-state index contributed by atoms with van der Waals surface area (Å²) in [5.74, 6) is 0.360. The van der Waals surface area contributed by atoms with Gasteiger partial charge in [-0.1, -0.05) is 6.07 Å². The fourth-order valence-corrected chi connectivity index (χ4v) is 1.94. The van der Waals surface area contributed by atoms with E-state index in [4.69, 9.17) is 4.74 Å². The molecular weight excluding hydrogens is 256 g/mol. The fourth-order valence-electron chi connectivity index (χ4n) is 1.94. The van der Waals surface area contributed by atoms with Crippen LogP contribution >= 0.6 is 0 Å². The van der Waals surface area contributed by atoms with Gasteiger partial charge >= 0.3 is 0 Å². The van der Waals surface area contributed by atoms with Crippen molar-refractivity contribution in [2.45, 2.75) is 13.8 Å². The molecule has 0 unspecified atom stereocenters. The Morgan fingerprint density at radius 3 is 2.70 bits per heavy atom. The summed E-state index contributed by atoms with van der Waals surface area (Å²) in [7, 11) is 1.48. The third kappa shape index (κ3) is 2.71. The number of hydrogen-bond donors (Lipinski definition) is 1. The molecule has 1 aromatic heterocycles. The molecule has 0 aliphatic rings. The molecule has 0 saturated heterocycles. The number of aromatic nitrogens is 1. The maximum atomic E-state index is 11.9. The average molecular weight is 272 g/mol. The Labute approximate surface area is 116 Å². The van der Waals surface area contributed by atoms with Crippen LogP contribution in [0.2, 0.25) is 0 Å². The highest BCUT2D eigenvalue weighted by Crippen LogP contribution is 2.27. The first kappa shape index (κ1) is 13.9. The fraction of sp³-hybridized carbons (Fsp3) is 0.200. The largest absolute Gasteiger partial charge is 0.504 e. The van der Waals surface area contributed by atoms with Crippen molar-refractivity contribution in [2.75, 3.05) is 7.11 Å². The van der Waals surface area contributed by atoms with Crippen molar-refractivity contribution in [3.63, 3.8) is 0 Å². The van der Waals surface area contributed by atoms with Gasteiger partial charge in [-0.2, -0.15) is 5.10 Å². The number of phenols is 1. The Hall–Kier alpha value is -2.56. The van der Waals surface area contributed by atoms with Crippen LogP contribution in [-0.2, 0) is 0 Å². The van der Waals surface area contributed by atoms with E-state index in [1.807, 2.05) is 13.0 Å². The summed E-state index contributed by atoms with van der Waals surface area (Å²) in [5.41, 5.74) is 1.90. The zero-order chi connectivity index (χ0) is 14.7. The maximum absolute atomic E-state index is 11.9. The highest BCUT2D eigenvalue weighted by atomic mass is 16.5. The van der Waals surface area contributed by atoms with Gasteiger partial charge in [0.1, 0.15) is 0 Å². The lowest BCUT2D eigenvalue weighted by Gasteiger charge is -2.06. The average Bonchev–Trinajstić information content (AvgIpc) is 2.39. The maximum Gasteiger partial charge on any atom is 0.271 e. The smallest absolute Gasteiger partial charge is 0.271 e. The number of phenolic OH excluding ortho intramolecular Hbond substituents is 1. The molecule has 2 aromatic rings. The second kappa shape index (κ2) is 5.61. The van der Waals surface area contributed by atoms with Gasteiger partial charge in [0.25, 0.3) is 5.56 Å². The minimum absolute atomic E-state index is 0.00318. The first-order valence-electron chi connectivity index (χ1n) is 6.13. The molecule has 0 spiro atoms. The molecule has 1 heterocycles. The molecule has 0 fully saturated rings. The molecule has 104 valence electrons. The summed E-state index contributed by atoms with van der Waals surface area (Å²) in [6.07, 6.45) is 1.43. The lowest BCUT2D eigenvalue weighted by Crippen LogP contribution is -2.18. The van der Waals surface area contributed by atoms with E-state index < -0.39 is 0 Å². The van der Waals surface area contributed by atoms with Gasteiger partial charge in [0.05, 0.1) is 13.3 Å². The minimum atomic E-state index is -0.207. The number of aromatic hydroxyl groups is 1. The molecule has 1 N–H and O–H groups in total. The standard InChI is InChI=1S/C15H16N2O3/c1-10-7-11(2)17(14(18)8-10)16-9-12-5-4-6-13(20-3)15(12)19/h4-9,19H,1-3H3. The Kier molecular flexibility index (Phi) is 3.89. The third-order valence-corrected chi connectivity index (χ3v) is 2.89. The van der Waals surface area contributed by atoms with Crippen molar-refractivity contribution >= 4 is 6.21 Å². The van der Waals surface area contributed by atoms with E-state index in [-0.39, 0.29) is 11.3 Å². The molecule has 0 atom stereocenters. The molecule has 5 nitrogen and oxygen atoms in total. The van der Waals surface area contributed by atoms with E-state index in [2.05, 4.69) is 5.10 Å². The van der Waals surface area contributed by atoms with E-state index in [0.717, 1.165) is 11.3 Å². The van der Waals surface area contributed by atoms with Crippen LogP contribution in [-0.4, -0.2) is 23.1 Å². The molecular formula is C15H16N2O3. The predicted molar refractivity (Wildman–Crippen MR) is 77.8 cm³/mol. The second-order valence-electron chi connectivity index (χ2n) is 4.47. The predicted octanol–water partition coefficient (Wildman–Crippen LogP) is 2.06. The van der Waals surface area contributed by atoms with Crippen LogP contribution in [0, 0.1) is 13.8 Å². The normalized spacial score (nSPS) is 10.9. The van der Waals surface area contributed by atoms with Gasteiger partial charge < -0.3 is 9.84 Å². The third-order valence-electron chi connectivity index (χ3n) is 2.89. The minimum Gasteiger partial charge on any atom is -0.504 e. The van der Waals surface area contributed by atoms with E-state index in [0.29, 0.717) is 11.3 Å². The summed E-state index contributed by atoms with van der Waals surface area (Å²) in [6, 6.07) is 8.45. The van der Waals surface area contributed by atoms with Crippen LogP contribution in [0.25, 0.3) is 0 Å². The number of ether oxygens (including phenoxy) is 1. The molecule has 1 aromatic carbocycles. The topological polar surface area (TPSA) is 63.8 Å². The van der Waals surface area contributed by atoms with E-state index >= 15 is 0 Å². The summed E-state index contributed by atoms with van der Waals surface area (Å²) in [5, 5.41) is 14.1. The second-order valence-corrected chi connectivity index (χ2v) is 4.47. The van der Waals surface area contributed by atoms with Crippen molar-refractivity contribution in [1.29, 1.82) is 0 Å². The SMILES string of the molecule is COc1cccc(C=Nn2c(C)cc(C)cc2=O)c1O. The molecule has 0 aliphatic carbocycles. The Morgan fingerprint density at radius 1 is 1.30 bits per heavy atom. The van der Waals surface area contributed by atoms with Gasteiger partial charge in [0, 0.05) is 17.3 Å². The summed E-state index contributed by atoms with van der Waals surface area (Å²) >= 11 is 0. The molecule has 0 saturated carbocycles. The highest BCUT2D eigenvalue weighted by molar-refractivity contribution is 5.84. The zero-order valence-corrected chi connectivity index (χ0v) is 11.6. The van der Waals surface area contributed by atoms with Gasteiger partial charge in [-0.25, -0.2) is 4.68 Å². The van der Waals surface area contributed by atoms with Crippen molar-refractivity contribution in [3.05, 3.63) is 57.5 Å². The Morgan fingerprint density at radius 2 is 2.05 bits per heavy atom. The molecule has 0 radical (unpaired) electrons. The Bertz CT molecular complexity index is 718. The van der Waals surface area contributed by atoms with Crippen LogP contribution in [0.3, 0.4) is 0 Å². The van der Waals surface area contributed by atoms with Gasteiger partial charge in [-0.3, -0.25) is 4.79 Å². The van der Waals surface area contributed by atoms with Crippen molar-refractivity contribution in [3.8, 4) is 11.5 Å². The van der Waals surface area contributed by atoms with Gasteiger partial charge in [-0.05, 0) is 37.6 Å². The number of rotatable bonds is 3. The zero-order valence-electron chi connectivity index (χ0n) is 11.6. The number of benzene rings is 1. The molecule has 5 heteroatoms. The monoisotopic (exact) mass is 272 g/mol. The van der Waals surface area contributed by atoms with Crippen LogP contribution < -0.4 is 10.3 Å². The molecule has 2 rings (SSSR count). The van der Waals surface area contributed by atoms with Crippen molar-refractivity contribution < 1.29 is 9.84 Å². The number of methoxy groups -OCH3 is 1. The summed E-state index contributed by atoms with van der Waals surface area (Å²) in [6.45, 7) is 3.66. The summed E-state index contributed by atoms with van der Waals surface area (Å²) in [4.78, 5) is 11.9. The van der Waals surface area contributed by atoms with E-state index in [1.54, 1.807) is 25.1 Å². The van der Waals surface area contributed by atoms with Crippen LogP contribution in [0.1, 0.15) is 16.8 Å². The van der Waals surface area contributed by atoms with Crippen molar-refractivity contribution in [2.24, 2.45) is 5.10 Å². The van der Waals surface area contributed by atoms with Crippen LogP contribution in [0.4, 0.5) is 0 Å². The first-order chi connectivity index (χ1) is 9.52. The van der Waals surface area contributed by atoms with Gasteiger partial charge in [0.15, 0.2) is 11.5 Å². The molecule has 20 heavy (non-hydrogen) atoms. The number of nitrogens with zero attached hydrogens (tertiary/aromatic N) is 2. The first-order valence-corrected chi connectivity index (χ1v) is 6.13. The molecule has 0 amide bonds. The van der Waals surface area contributed by atoms with Gasteiger partial charge in [0.2, 0.25) is 0 Å². The summed E-state index contributed by atoms with van der Waals surface area (Å²) < 4.78 is 6.30.